The van der Waals surface area contributed by atoms with Crippen LogP contribution in [-0.4, -0.2) is 64.8 Å². The largest absolute Gasteiger partial charge is 0.462 e. The van der Waals surface area contributed by atoms with Crippen LogP contribution in [0, 0.1) is 5.92 Å². The summed E-state index contributed by atoms with van der Waals surface area (Å²) >= 11 is 0. The second-order valence-corrected chi connectivity index (χ2v) is 8.66. The molecule has 1 aliphatic heterocycles. The second kappa shape index (κ2) is 10.9. The maximum absolute atomic E-state index is 12.8. The standard InChI is InChI=1S/C20H32N2O5S/c1-4-16(5-2)19(22-11-13-26-14-12-22)15-21-28(24,25)18-9-7-17(8-10-18)20(23)27-6-3/h7-10,16,19,21H,4-6,11-15H2,1-3H3/t19-/m1/s1. The lowest BCUT2D eigenvalue weighted by Gasteiger charge is -2.38. The third kappa shape index (κ3) is 6.01. The smallest absolute Gasteiger partial charge is 0.338 e. The van der Waals surface area contributed by atoms with Crippen LogP contribution in [0.25, 0.3) is 0 Å². The fourth-order valence-electron chi connectivity index (χ4n) is 3.60. The first-order chi connectivity index (χ1) is 13.4. The van der Waals surface area contributed by atoms with Gasteiger partial charge in [-0.25, -0.2) is 17.9 Å². The van der Waals surface area contributed by atoms with E-state index in [0.717, 1.165) is 25.9 Å². The van der Waals surface area contributed by atoms with Crippen LogP contribution in [0.15, 0.2) is 29.2 Å². The fourth-order valence-corrected chi connectivity index (χ4v) is 4.65. The zero-order valence-corrected chi connectivity index (χ0v) is 17.8. The molecule has 0 saturated carbocycles. The summed E-state index contributed by atoms with van der Waals surface area (Å²) in [6, 6.07) is 5.97. The summed E-state index contributed by atoms with van der Waals surface area (Å²) in [5, 5.41) is 0. The van der Waals surface area contributed by atoms with E-state index in [0.29, 0.717) is 31.2 Å². The highest BCUT2D eigenvalue weighted by molar-refractivity contribution is 7.89. The Morgan fingerprint density at radius 3 is 2.29 bits per heavy atom. The van der Waals surface area contributed by atoms with Gasteiger partial charge in [-0.2, -0.15) is 0 Å². The molecular formula is C20H32N2O5S. The van der Waals surface area contributed by atoms with E-state index in [2.05, 4.69) is 23.5 Å². The number of hydrogen-bond acceptors (Lipinski definition) is 6. The lowest BCUT2D eigenvalue weighted by Crippen LogP contribution is -2.52. The van der Waals surface area contributed by atoms with E-state index in [9.17, 15) is 13.2 Å². The Hall–Kier alpha value is -1.48. The van der Waals surface area contributed by atoms with Crippen molar-refractivity contribution in [3.05, 3.63) is 29.8 Å². The van der Waals surface area contributed by atoms with Gasteiger partial charge in [-0.1, -0.05) is 26.7 Å². The quantitative estimate of drug-likeness (QED) is 0.594. The molecule has 0 radical (unpaired) electrons. The topological polar surface area (TPSA) is 84.9 Å². The molecule has 1 N–H and O–H groups in total. The summed E-state index contributed by atoms with van der Waals surface area (Å²) in [5.41, 5.74) is 0.337. The van der Waals surface area contributed by atoms with Crippen molar-refractivity contribution in [1.29, 1.82) is 0 Å². The van der Waals surface area contributed by atoms with E-state index in [4.69, 9.17) is 9.47 Å². The normalized spacial score (nSPS) is 16.9. The number of carbonyl (C=O) groups is 1. The zero-order valence-electron chi connectivity index (χ0n) is 17.0. The summed E-state index contributed by atoms with van der Waals surface area (Å²) < 4.78 is 38.7. The van der Waals surface area contributed by atoms with Crippen molar-refractivity contribution < 1.29 is 22.7 Å². The van der Waals surface area contributed by atoms with Crippen LogP contribution in [-0.2, 0) is 19.5 Å². The number of nitrogens with one attached hydrogen (secondary N) is 1. The Labute approximate surface area is 168 Å². The molecule has 1 saturated heterocycles. The molecule has 0 unspecified atom stereocenters. The summed E-state index contributed by atoms with van der Waals surface area (Å²) in [7, 11) is -3.66. The van der Waals surface area contributed by atoms with Crippen LogP contribution in [0.2, 0.25) is 0 Å². The minimum Gasteiger partial charge on any atom is -0.462 e. The molecule has 28 heavy (non-hydrogen) atoms. The number of hydrogen-bond donors (Lipinski definition) is 1. The molecule has 1 heterocycles. The lowest BCUT2D eigenvalue weighted by atomic mass is 9.92. The van der Waals surface area contributed by atoms with Gasteiger partial charge in [0.15, 0.2) is 0 Å². The van der Waals surface area contributed by atoms with Crippen LogP contribution in [0.3, 0.4) is 0 Å². The van der Waals surface area contributed by atoms with Crippen molar-refractivity contribution in [2.75, 3.05) is 39.5 Å². The Bertz CT molecular complexity index is 711. The molecule has 2 rings (SSSR count). The predicted molar refractivity (Wildman–Crippen MR) is 108 cm³/mol. The van der Waals surface area contributed by atoms with Crippen molar-refractivity contribution in [3.63, 3.8) is 0 Å². The van der Waals surface area contributed by atoms with E-state index in [1.807, 2.05) is 0 Å². The molecule has 0 aromatic heterocycles. The summed E-state index contributed by atoms with van der Waals surface area (Å²) in [5.74, 6) is -0.0486. The predicted octanol–water partition coefficient (Wildman–Crippen LogP) is 2.28. The maximum Gasteiger partial charge on any atom is 0.338 e. The highest BCUT2D eigenvalue weighted by Crippen LogP contribution is 2.20. The van der Waals surface area contributed by atoms with Gasteiger partial charge in [-0.05, 0) is 37.1 Å². The Kier molecular flexibility index (Phi) is 8.88. The van der Waals surface area contributed by atoms with Crippen molar-refractivity contribution in [3.8, 4) is 0 Å². The molecule has 1 fully saturated rings. The number of esters is 1. The first kappa shape index (κ1) is 22.8. The minimum absolute atomic E-state index is 0.132. The van der Waals surface area contributed by atoms with Crippen molar-refractivity contribution in [1.82, 2.24) is 9.62 Å². The maximum atomic E-state index is 12.8. The van der Waals surface area contributed by atoms with Gasteiger partial charge in [0.05, 0.1) is 30.3 Å². The van der Waals surface area contributed by atoms with Gasteiger partial charge in [0.1, 0.15) is 0 Å². The van der Waals surface area contributed by atoms with Crippen molar-refractivity contribution in [2.45, 2.75) is 44.6 Å². The van der Waals surface area contributed by atoms with E-state index in [1.165, 1.54) is 24.3 Å². The number of benzene rings is 1. The lowest BCUT2D eigenvalue weighted by molar-refractivity contribution is 0.00297. The second-order valence-electron chi connectivity index (χ2n) is 6.89. The van der Waals surface area contributed by atoms with E-state index >= 15 is 0 Å². The number of ether oxygens (including phenoxy) is 2. The van der Waals surface area contributed by atoms with Gasteiger partial charge in [-0.15, -0.1) is 0 Å². The fraction of sp³-hybridized carbons (Fsp3) is 0.650. The molecule has 0 spiro atoms. The average Bonchev–Trinajstić information content (AvgIpc) is 2.72. The Balaban J connectivity index is 2.09. The van der Waals surface area contributed by atoms with Crippen molar-refractivity contribution in [2.24, 2.45) is 5.92 Å². The zero-order chi connectivity index (χ0) is 20.6. The van der Waals surface area contributed by atoms with Gasteiger partial charge in [0, 0.05) is 25.7 Å². The monoisotopic (exact) mass is 412 g/mol. The van der Waals surface area contributed by atoms with Gasteiger partial charge in [0.2, 0.25) is 10.0 Å². The van der Waals surface area contributed by atoms with Crippen LogP contribution in [0.4, 0.5) is 0 Å². The number of rotatable bonds is 10. The summed E-state index contributed by atoms with van der Waals surface area (Å²) in [6.45, 7) is 9.64. The molecule has 0 bridgehead atoms. The molecule has 158 valence electrons. The van der Waals surface area contributed by atoms with Crippen LogP contribution in [0.5, 0.6) is 0 Å². The molecule has 8 heteroatoms. The highest BCUT2D eigenvalue weighted by atomic mass is 32.2. The number of nitrogens with zero attached hydrogens (tertiary/aromatic N) is 1. The van der Waals surface area contributed by atoms with Crippen LogP contribution in [0.1, 0.15) is 44.0 Å². The van der Waals surface area contributed by atoms with E-state index in [1.54, 1.807) is 6.92 Å². The summed E-state index contributed by atoms with van der Waals surface area (Å²) in [4.78, 5) is 14.2. The number of morpholine rings is 1. The van der Waals surface area contributed by atoms with Crippen LogP contribution < -0.4 is 4.72 Å². The molecule has 7 nitrogen and oxygen atoms in total. The van der Waals surface area contributed by atoms with Gasteiger partial charge in [-0.3, -0.25) is 4.90 Å². The minimum atomic E-state index is -3.66. The first-order valence-electron chi connectivity index (χ1n) is 10.0. The van der Waals surface area contributed by atoms with Crippen LogP contribution >= 0.6 is 0 Å². The highest BCUT2D eigenvalue weighted by Gasteiger charge is 2.28. The molecule has 1 atom stereocenters. The van der Waals surface area contributed by atoms with Crippen molar-refractivity contribution >= 4 is 16.0 Å². The summed E-state index contributed by atoms with van der Waals surface area (Å²) in [6.07, 6.45) is 1.99. The Morgan fingerprint density at radius 2 is 1.75 bits per heavy atom. The van der Waals surface area contributed by atoms with E-state index in [-0.39, 0.29) is 17.5 Å². The van der Waals surface area contributed by atoms with Gasteiger partial charge < -0.3 is 9.47 Å². The Morgan fingerprint density at radius 1 is 1.14 bits per heavy atom. The molecular weight excluding hydrogens is 380 g/mol. The molecule has 1 aromatic rings. The molecule has 1 aromatic carbocycles. The first-order valence-corrected chi connectivity index (χ1v) is 11.5. The third-order valence-electron chi connectivity index (χ3n) is 5.27. The number of sulfonamides is 1. The third-order valence-corrected chi connectivity index (χ3v) is 6.71. The SMILES string of the molecule is CCOC(=O)c1ccc(S(=O)(=O)NC[C@H](C(CC)CC)N2CCOCC2)cc1. The van der Waals surface area contributed by atoms with E-state index < -0.39 is 16.0 Å². The molecule has 0 amide bonds. The molecule has 0 aliphatic carbocycles. The van der Waals surface area contributed by atoms with Gasteiger partial charge >= 0.3 is 5.97 Å². The number of carbonyl (C=O) groups excluding carboxylic acids is 1. The molecule has 1 aliphatic rings. The average molecular weight is 413 g/mol. The van der Waals surface area contributed by atoms with Gasteiger partial charge in [0.25, 0.3) is 0 Å².